The van der Waals surface area contributed by atoms with E-state index in [1.54, 1.807) is 6.20 Å². The van der Waals surface area contributed by atoms with Crippen LogP contribution in [0.3, 0.4) is 0 Å². The first-order valence-electron chi connectivity index (χ1n) is 5.84. The van der Waals surface area contributed by atoms with Gasteiger partial charge in [0, 0.05) is 25.4 Å². The Morgan fingerprint density at radius 2 is 2.11 bits per heavy atom. The van der Waals surface area contributed by atoms with Crippen molar-refractivity contribution in [1.29, 1.82) is 0 Å². The minimum absolute atomic E-state index is 0.00902. The zero-order chi connectivity index (χ0) is 12.5. The van der Waals surface area contributed by atoms with Crippen LogP contribution in [0.5, 0.6) is 0 Å². The predicted octanol–water partition coefficient (Wildman–Crippen LogP) is 2.03. The third kappa shape index (κ3) is 1.62. The van der Waals surface area contributed by atoms with E-state index in [0.717, 1.165) is 28.1 Å². The van der Waals surface area contributed by atoms with Crippen molar-refractivity contribution < 1.29 is 4.79 Å². The quantitative estimate of drug-likeness (QED) is 0.843. The Bertz CT molecular complexity index is 622. The molecule has 0 bridgehead atoms. The summed E-state index contributed by atoms with van der Waals surface area (Å²) in [5, 5.41) is 5.87. The zero-order valence-electron chi connectivity index (χ0n) is 10.0. The lowest BCUT2D eigenvalue weighted by Gasteiger charge is -2.08. The number of benzene rings is 1. The van der Waals surface area contributed by atoms with Gasteiger partial charge < -0.3 is 10.6 Å². The molecule has 0 radical (unpaired) electrons. The van der Waals surface area contributed by atoms with Crippen molar-refractivity contribution in [3.63, 3.8) is 0 Å². The van der Waals surface area contributed by atoms with Gasteiger partial charge in [-0.3, -0.25) is 4.79 Å². The van der Waals surface area contributed by atoms with Crippen molar-refractivity contribution in [3.05, 3.63) is 47.7 Å². The predicted molar refractivity (Wildman–Crippen MR) is 70.4 cm³/mol. The highest BCUT2D eigenvalue weighted by atomic mass is 16.1. The molecule has 0 unspecified atom stereocenters. The molecule has 2 N–H and O–H groups in total. The molecule has 1 aromatic heterocycles. The molecule has 1 amide bonds. The fourth-order valence-corrected chi connectivity index (χ4v) is 2.26. The zero-order valence-corrected chi connectivity index (χ0v) is 10.0. The maximum Gasteiger partial charge on any atom is 0.251 e. The number of aromatic nitrogens is 1. The number of carbonyl (C=O) groups excluding carboxylic acids is 1. The highest BCUT2D eigenvalue weighted by molar-refractivity contribution is 6.00. The second-order valence-electron chi connectivity index (χ2n) is 4.19. The van der Waals surface area contributed by atoms with Gasteiger partial charge in [0.25, 0.3) is 5.91 Å². The van der Waals surface area contributed by atoms with Gasteiger partial charge in [-0.15, -0.1) is 0 Å². The Labute approximate surface area is 105 Å². The molecule has 1 aliphatic heterocycles. The van der Waals surface area contributed by atoms with Crippen molar-refractivity contribution in [2.75, 3.05) is 12.4 Å². The van der Waals surface area contributed by atoms with Crippen LogP contribution in [0.25, 0.3) is 11.1 Å². The second kappa shape index (κ2) is 4.14. The molecule has 90 valence electrons. The number of hydrogen-bond acceptors (Lipinski definition) is 3. The van der Waals surface area contributed by atoms with Gasteiger partial charge in [-0.1, -0.05) is 12.1 Å². The molecule has 0 saturated heterocycles. The van der Waals surface area contributed by atoms with Crippen LogP contribution < -0.4 is 10.6 Å². The number of fused-ring (bicyclic) bond motifs is 1. The lowest BCUT2D eigenvalue weighted by Crippen LogP contribution is -2.12. The average Bonchev–Trinajstić information content (AvgIpc) is 2.81. The smallest absolute Gasteiger partial charge is 0.251 e. The minimum Gasteiger partial charge on any atom is -0.373 e. The molecule has 0 atom stereocenters. The summed E-state index contributed by atoms with van der Waals surface area (Å²) in [6.07, 6.45) is 1.77. The van der Waals surface area contributed by atoms with E-state index in [2.05, 4.69) is 15.6 Å². The van der Waals surface area contributed by atoms with E-state index in [4.69, 9.17) is 0 Å². The first-order valence-corrected chi connectivity index (χ1v) is 5.84. The average molecular weight is 239 g/mol. The Hall–Kier alpha value is -2.36. The fraction of sp³-hybridized carbons (Fsp3) is 0.143. The van der Waals surface area contributed by atoms with E-state index in [-0.39, 0.29) is 5.91 Å². The number of anilines is 1. The third-order valence-corrected chi connectivity index (χ3v) is 3.17. The SMILES string of the molecule is CNc1cc(-c2cccc3c2CNC3=O)ccn1. The maximum atomic E-state index is 11.6. The Balaban J connectivity index is 2.15. The van der Waals surface area contributed by atoms with Crippen LogP contribution in [0.2, 0.25) is 0 Å². The molecule has 3 rings (SSSR count). The molecule has 0 spiro atoms. The number of hydrogen-bond donors (Lipinski definition) is 2. The second-order valence-corrected chi connectivity index (χ2v) is 4.19. The topological polar surface area (TPSA) is 54.0 Å². The lowest BCUT2D eigenvalue weighted by atomic mass is 9.97. The molecule has 18 heavy (non-hydrogen) atoms. The first-order chi connectivity index (χ1) is 8.79. The summed E-state index contributed by atoms with van der Waals surface area (Å²) < 4.78 is 0. The molecule has 0 saturated carbocycles. The van der Waals surface area contributed by atoms with Crippen molar-refractivity contribution in [2.24, 2.45) is 0 Å². The summed E-state index contributed by atoms with van der Waals surface area (Å²) in [5.41, 5.74) is 4.00. The van der Waals surface area contributed by atoms with Crippen LogP contribution >= 0.6 is 0 Å². The number of nitrogens with zero attached hydrogens (tertiary/aromatic N) is 1. The summed E-state index contributed by atoms with van der Waals surface area (Å²) in [7, 11) is 1.84. The van der Waals surface area contributed by atoms with Crippen LogP contribution in [-0.4, -0.2) is 17.9 Å². The van der Waals surface area contributed by atoms with Gasteiger partial charge in [0.15, 0.2) is 0 Å². The summed E-state index contributed by atoms with van der Waals surface area (Å²) in [5.74, 6) is 0.831. The van der Waals surface area contributed by atoms with E-state index >= 15 is 0 Å². The standard InChI is InChI=1S/C14H13N3O/c1-15-13-7-9(5-6-16-13)10-3-2-4-11-12(10)8-17-14(11)18/h2-7H,8H2,1H3,(H,15,16)(H,17,18). The molecule has 0 aliphatic carbocycles. The van der Waals surface area contributed by atoms with E-state index in [1.165, 1.54) is 0 Å². The van der Waals surface area contributed by atoms with E-state index in [1.807, 2.05) is 37.4 Å². The number of amides is 1. The molecule has 4 heteroatoms. The summed E-state index contributed by atoms with van der Waals surface area (Å²) >= 11 is 0. The van der Waals surface area contributed by atoms with Crippen LogP contribution in [0.4, 0.5) is 5.82 Å². The van der Waals surface area contributed by atoms with Gasteiger partial charge in [0.05, 0.1) is 0 Å². The minimum atomic E-state index is 0.00902. The maximum absolute atomic E-state index is 11.6. The fourth-order valence-electron chi connectivity index (χ4n) is 2.26. The largest absolute Gasteiger partial charge is 0.373 e. The van der Waals surface area contributed by atoms with Crippen molar-refractivity contribution in [3.8, 4) is 11.1 Å². The van der Waals surface area contributed by atoms with Gasteiger partial charge in [0.1, 0.15) is 5.82 Å². The molecule has 1 aromatic carbocycles. The molecule has 0 fully saturated rings. The number of nitrogens with one attached hydrogen (secondary N) is 2. The van der Waals surface area contributed by atoms with Crippen molar-refractivity contribution >= 4 is 11.7 Å². The summed E-state index contributed by atoms with van der Waals surface area (Å²) in [6, 6.07) is 9.76. The Morgan fingerprint density at radius 1 is 1.28 bits per heavy atom. The van der Waals surface area contributed by atoms with Crippen LogP contribution in [-0.2, 0) is 6.54 Å². The van der Waals surface area contributed by atoms with Crippen LogP contribution in [0.15, 0.2) is 36.5 Å². The third-order valence-electron chi connectivity index (χ3n) is 3.17. The Kier molecular flexibility index (Phi) is 2.48. The molecular weight excluding hydrogens is 226 g/mol. The molecule has 1 aliphatic rings. The molecule has 2 heterocycles. The summed E-state index contributed by atoms with van der Waals surface area (Å²) in [6.45, 7) is 0.599. The van der Waals surface area contributed by atoms with Gasteiger partial charge >= 0.3 is 0 Å². The molecular formula is C14H13N3O. The highest BCUT2D eigenvalue weighted by Crippen LogP contribution is 2.29. The first kappa shape index (κ1) is 10.8. The van der Waals surface area contributed by atoms with Crippen LogP contribution in [0.1, 0.15) is 15.9 Å². The van der Waals surface area contributed by atoms with E-state index in [0.29, 0.717) is 6.54 Å². The lowest BCUT2D eigenvalue weighted by molar-refractivity contribution is 0.0966. The van der Waals surface area contributed by atoms with E-state index < -0.39 is 0 Å². The van der Waals surface area contributed by atoms with Gasteiger partial charge in [0.2, 0.25) is 0 Å². The monoisotopic (exact) mass is 239 g/mol. The normalized spacial score (nSPS) is 13.1. The van der Waals surface area contributed by atoms with Crippen molar-refractivity contribution in [2.45, 2.75) is 6.54 Å². The van der Waals surface area contributed by atoms with Crippen molar-refractivity contribution in [1.82, 2.24) is 10.3 Å². The number of rotatable bonds is 2. The van der Waals surface area contributed by atoms with E-state index in [9.17, 15) is 4.79 Å². The Morgan fingerprint density at radius 3 is 2.94 bits per heavy atom. The van der Waals surface area contributed by atoms with Crippen LogP contribution in [0, 0.1) is 0 Å². The molecule has 4 nitrogen and oxygen atoms in total. The van der Waals surface area contributed by atoms with Gasteiger partial charge in [-0.05, 0) is 34.9 Å². The summed E-state index contributed by atoms with van der Waals surface area (Å²) in [4.78, 5) is 15.8. The molecule has 2 aromatic rings. The highest BCUT2D eigenvalue weighted by Gasteiger charge is 2.21. The number of carbonyl (C=O) groups is 1. The number of pyridine rings is 1. The van der Waals surface area contributed by atoms with Gasteiger partial charge in [-0.25, -0.2) is 4.98 Å². The van der Waals surface area contributed by atoms with Gasteiger partial charge in [-0.2, -0.15) is 0 Å².